The Bertz CT molecular complexity index is 433. The number of ether oxygens (including phenoxy) is 2. The van der Waals surface area contributed by atoms with Crippen LogP contribution in [0.4, 0.5) is 4.39 Å². The Hall–Kier alpha value is -1.62. The highest BCUT2D eigenvalue weighted by Gasteiger charge is 2.24. The molecular formula is C12H13FO4. The van der Waals surface area contributed by atoms with E-state index in [9.17, 15) is 9.18 Å². The molecule has 4 nitrogen and oxygen atoms in total. The fraction of sp³-hybridized carbons (Fsp3) is 0.417. The molecule has 0 fully saturated rings. The average molecular weight is 240 g/mol. The molecule has 0 bridgehead atoms. The Morgan fingerprint density at radius 3 is 3.18 bits per heavy atom. The fourth-order valence-electron chi connectivity index (χ4n) is 1.70. The van der Waals surface area contributed by atoms with E-state index in [-0.39, 0.29) is 18.5 Å². The summed E-state index contributed by atoms with van der Waals surface area (Å²) in [5, 5.41) is 8.65. The number of rotatable bonds is 4. The van der Waals surface area contributed by atoms with Crippen LogP contribution in [0, 0.1) is 5.82 Å². The normalized spacial score (nSPS) is 19.5. The predicted octanol–water partition coefficient (Wildman–Crippen LogP) is 1.62. The highest BCUT2D eigenvalue weighted by atomic mass is 19.1. The van der Waals surface area contributed by atoms with Crippen molar-refractivity contribution in [3.05, 3.63) is 29.6 Å². The van der Waals surface area contributed by atoms with E-state index in [0.29, 0.717) is 12.2 Å². The fourth-order valence-corrected chi connectivity index (χ4v) is 1.70. The molecule has 1 aliphatic heterocycles. The van der Waals surface area contributed by atoms with Crippen molar-refractivity contribution in [3.8, 4) is 5.75 Å². The Kier molecular flexibility index (Phi) is 3.28. The van der Waals surface area contributed by atoms with Gasteiger partial charge in [-0.15, -0.1) is 0 Å². The molecule has 2 atom stereocenters. The van der Waals surface area contributed by atoms with E-state index >= 15 is 0 Å². The summed E-state index contributed by atoms with van der Waals surface area (Å²) in [6, 6.07) is 4.34. The lowest BCUT2D eigenvalue weighted by molar-refractivity contribution is -0.150. The van der Waals surface area contributed by atoms with Gasteiger partial charge in [0.25, 0.3) is 0 Å². The van der Waals surface area contributed by atoms with Gasteiger partial charge in [0.1, 0.15) is 17.7 Å². The van der Waals surface area contributed by atoms with Crippen LogP contribution in [-0.2, 0) is 16.0 Å². The van der Waals surface area contributed by atoms with Gasteiger partial charge in [-0.1, -0.05) is 0 Å². The third kappa shape index (κ3) is 2.74. The minimum absolute atomic E-state index is 0.184. The largest absolute Gasteiger partial charge is 0.487 e. The lowest BCUT2D eigenvalue weighted by atomic mass is 10.1. The summed E-state index contributed by atoms with van der Waals surface area (Å²) in [5.74, 6) is -0.664. The maximum atomic E-state index is 12.9. The van der Waals surface area contributed by atoms with Gasteiger partial charge in [-0.2, -0.15) is 0 Å². The van der Waals surface area contributed by atoms with Crippen molar-refractivity contribution < 1.29 is 23.8 Å². The molecule has 1 aliphatic rings. The van der Waals surface area contributed by atoms with Crippen LogP contribution in [0.5, 0.6) is 5.75 Å². The van der Waals surface area contributed by atoms with E-state index < -0.39 is 12.1 Å². The number of aliphatic carboxylic acids is 1. The number of benzene rings is 1. The van der Waals surface area contributed by atoms with E-state index in [0.717, 1.165) is 5.56 Å². The standard InChI is InChI=1S/C12H13FO4/c1-7(12(14)15)16-6-10-5-8-4-9(13)2-3-11(8)17-10/h2-4,7,10H,5-6H2,1H3,(H,14,15)/t7-,10?/m0/s1. The average Bonchev–Trinajstić information content (AvgIpc) is 2.67. The van der Waals surface area contributed by atoms with E-state index in [1.54, 1.807) is 6.07 Å². The zero-order valence-electron chi connectivity index (χ0n) is 9.35. The second-order valence-corrected chi connectivity index (χ2v) is 4.01. The lowest BCUT2D eigenvalue weighted by Gasteiger charge is -2.13. The zero-order valence-corrected chi connectivity index (χ0v) is 9.35. The van der Waals surface area contributed by atoms with E-state index in [1.807, 2.05) is 0 Å². The van der Waals surface area contributed by atoms with E-state index in [4.69, 9.17) is 14.6 Å². The first-order valence-electron chi connectivity index (χ1n) is 5.36. The lowest BCUT2D eigenvalue weighted by Crippen LogP contribution is -2.27. The van der Waals surface area contributed by atoms with Crippen molar-refractivity contribution >= 4 is 5.97 Å². The van der Waals surface area contributed by atoms with Crippen molar-refractivity contribution in [3.63, 3.8) is 0 Å². The van der Waals surface area contributed by atoms with Crippen molar-refractivity contribution in [2.45, 2.75) is 25.6 Å². The van der Waals surface area contributed by atoms with Crippen molar-refractivity contribution in [2.75, 3.05) is 6.61 Å². The van der Waals surface area contributed by atoms with Crippen LogP contribution in [0.15, 0.2) is 18.2 Å². The van der Waals surface area contributed by atoms with E-state index in [1.165, 1.54) is 19.1 Å². The second-order valence-electron chi connectivity index (χ2n) is 4.01. The quantitative estimate of drug-likeness (QED) is 0.868. The second kappa shape index (κ2) is 4.71. The molecule has 0 saturated carbocycles. The number of carboxylic acids is 1. The maximum Gasteiger partial charge on any atom is 0.332 e. The molecule has 0 aromatic heterocycles. The highest BCUT2D eigenvalue weighted by molar-refractivity contribution is 5.71. The highest BCUT2D eigenvalue weighted by Crippen LogP contribution is 2.29. The third-order valence-electron chi connectivity index (χ3n) is 2.64. The van der Waals surface area contributed by atoms with Gasteiger partial charge in [0.15, 0.2) is 6.10 Å². The number of hydrogen-bond acceptors (Lipinski definition) is 3. The van der Waals surface area contributed by atoms with Crippen molar-refractivity contribution in [2.24, 2.45) is 0 Å². The molecule has 1 aromatic rings. The summed E-state index contributed by atoms with van der Waals surface area (Å²) < 4.78 is 23.6. The molecule has 1 N–H and O–H groups in total. The van der Waals surface area contributed by atoms with Crippen LogP contribution in [0.1, 0.15) is 12.5 Å². The predicted molar refractivity (Wildman–Crippen MR) is 57.6 cm³/mol. The summed E-state index contributed by atoms with van der Waals surface area (Å²) in [6.45, 7) is 1.65. The first kappa shape index (κ1) is 11.9. The minimum atomic E-state index is -1.01. The molecule has 17 heavy (non-hydrogen) atoms. The summed E-state index contributed by atoms with van der Waals surface area (Å²) >= 11 is 0. The van der Waals surface area contributed by atoms with Gasteiger partial charge in [-0.05, 0) is 25.1 Å². The third-order valence-corrected chi connectivity index (χ3v) is 2.64. The van der Waals surface area contributed by atoms with Gasteiger partial charge in [0.05, 0.1) is 6.61 Å². The monoisotopic (exact) mass is 240 g/mol. The molecule has 2 rings (SSSR count). The van der Waals surface area contributed by atoms with Gasteiger partial charge in [-0.25, -0.2) is 9.18 Å². The summed E-state index contributed by atoms with van der Waals surface area (Å²) in [7, 11) is 0. The van der Waals surface area contributed by atoms with Gasteiger partial charge in [-0.3, -0.25) is 0 Å². The molecule has 1 heterocycles. The molecule has 1 unspecified atom stereocenters. The molecule has 92 valence electrons. The molecule has 0 saturated heterocycles. The van der Waals surface area contributed by atoms with Gasteiger partial charge in [0, 0.05) is 12.0 Å². The molecule has 1 aromatic carbocycles. The topological polar surface area (TPSA) is 55.8 Å². The van der Waals surface area contributed by atoms with Crippen molar-refractivity contribution in [1.29, 1.82) is 0 Å². The van der Waals surface area contributed by atoms with Crippen LogP contribution < -0.4 is 4.74 Å². The molecule has 0 spiro atoms. The van der Waals surface area contributed by atoms with Gasteiger partial charge in [0.2, 0.25) is 0 Å². The van der Waals surface area contributed by atoms with Crippen LogP contribution in [0.2, 0.25) is 0 Å². The molecule has 0 amide bonds. The molecule has 5 heteroatoms. The number of carbonyl (C=O) groups is 1. The smallest absolute Gasteiger partial charge is 0.332 e. The molecule has 0 aliphatic carbocycles. The van der Waals surface area contributed by atoms with E-state index in [2.05, 4.69) is 0 Å². The molecule has 0 radical (unpaired) electrons. The van der Waals surface area contributed by atoms with Crippen LogP contribution >= 0.6 is 0 Å². The van der Waals surface area contributed by atoms with Gasteiger partial charge < -0.3 is 14.6 Å². The summed E-state index contributed by atoms with van der Waals surface area (Å²) in [4.78, 5) is 10.6. The van der Waals surface area contributed by atoms with Gasteiger partial charge >= 0.3 is 5.97 Å². The van der Waals surface area contributed by atoms with Crippen LogP contribution in [-0.4, -0.2) is 29.9 Å². The Balaban J connectivity index is 1.90. The zero-order chi connectivity index (χ0) is 12.4. The number of carboxylic acid groups (broad SMARTS) is 1. The summed E-state index contributed by atoms with van der Waals surface area (Å²) in [6.07, 6.45) is -0.563. The molecular weight excluding hydrogens is 227 g/mol. The first-order chi connectivity index (χ1) is 8.06. The number of fused-ring (bicyclic) bond motifs is 1. The number of halogens is 1. The van der Waals surface area contributed by atoms with Crippen LogP contribution in [0.3, 0.4) is 0 Å². The Morgan fingerprint density at radius 1 is 1.71 bits per heavy atom. The van der Waals surface area contributed by atoms with Crippen molar-refractivity contribution in [1.82, 2.24) is 0 Å². The Morgan fingerprint density at radius 2 is 2.47 bits per heavy atom. The maximum absolute atomic E-state index is 12.9. The first-order valence-corrected chi connectivity index (χ1v) is 5.36. The van der Waals surface area contributed by atoms with Crippen LogP contribution in [0.25, 0.3) is 0 Å². The Labute approximate surface area is 98.0 Å². The SMILES string of the molecule is C[C@H](OCC1Cc2cc(F)ccc2O1)C(=O)O. The summed E-state index contributed by atoms with van der Waals surface area (Å²) in [5.41, 5.74) is 0.793. The minimum Gasteiger partial charge on any atom is -0.487 e. The number of hydrogen-bond donors (Lipinski definition) is 1.